The highest BCUT2D eigenvalue weighted by Crippen LogP contribution is 2.32. The number of benzene rings is 1. The van der Waals surface area contributed by atoms with Crippen molar-refractivity contribution < 1.29 is 13.2 Å². The van der Waals surface area contributed by atoms with E-state index in [0.29, 0.717) is 5.69 Å². The monoisotopic (exact) mass is 312 g/mol. The van der Waals surface area contributed by atoms with Crippen LogP contribution < -0.4 is 21.5 Å². The minimum absolute atomic E-state index is 0.0470. The summed E-state index contributed by atoms with van der Waals surface area (Å²) in [7, 11) is -3.80. The molecule has 0 unspecified atom stereocenters. The van der Waals surface area contributed by atoms with E-state index in [1.165, 1.54) is 12.1 Å². The molecule has 1 aliphatic carbocycles. The molecule has 2 rings (SSSR count). The lowest BCUT2D eigenvalue weighted by Crippen LogP contribution is -2.40. The van der Waals surface area contributed by atoms with Crippen LogP contribution in [-0.2, 0) is 14.8 Å². The molecule has 0 bridgehead atoms. The van der Waals surface area contributed by atoms with Crippen LogP contribution >= 0.6 is 0 Å². The number of hydrogen-bond acceptors (Lipinski definition) is 5. The fraction of sp³-hybridized carbons (Fsp3) is 0.462. The molecule has 1 saturated carbocycles. The van der Waals surface area contributed by atoms with E-state index in [4.69, 9.17) is 16.6 Å². The van der Waals surface area contributed by atoms with E-state index in [2.05, 4.69) is 0 Å². The molecule has 0 aliphatic heterocycles. The normalized spacial score (nSPS) is 16.0. The Morgan fingerprint density at radius 3 is 2.38 bits per heavy atom. The minimum Gasteiger partial charge on any atom is -0.397 e. The number of anilines is 2. The average Bonchev–Trinajstić information content (AvgIpc) is 2.88. The van der Waals surface area contributed by atoms with E-state index in [0.717, 1.165) is 25.7 Å². The first-order valence-corrected chi connectivity index (χ1v) is 8.31. The third-order valence-electron chi connectivity index (χ3n) is 3.73. The van der Waals surface area contributed by atoms with Gasteiger partial charge in [-0.3, -0.25) is 4.79 Å². The quantitative estimate of drug-likeness (QED) is 0.666. The van der Waals surface area contributed by atoms with Gasteiger partial charge in [-0.05, 0) is 31.0 Å². The second-order valence-corrected chi connectivity index (χ2v) is 6.86. The molecule has 0 spiro atoms. The van der Waals surface area contributed by atoms with E-state index in [-0.39, 0.29) is 23.2 Å². The van der Waals surface area contributed by atoms with Crippen molar-refractivity contribution in [3.8, 4) is 0 Å². The molecule has 0 radical (unpaired) electrons. The van der Waals surface area contributed by atoms with Crippen LogP contribution in [0.2, 0.25) is 0 Å². The number of primary sulfonamides is 1. The summed E-state index contributed by atoms with van der Waals surface area (Å²) in [5.41, 5.74) is 12.2. The third kappa shape index (κ3) is 3.64. The summed E-state index contributed by atoms with van der Waals surface area (Å²) in [6.07, 6.45) is 4.11. The molecule has 1 aromatic carbocycles. The molecule has 6 N–H and O–H groups in total. The zero-order chi connectivity index (χ0) is 15.6. The van der Waals surface area contributed by atoms with E-state index in [1.54, 1.807) is 6.07 Å². The van der Waals surface area contributed by atoms with E-state index in [1.807, 2.05) is 4.90 Å². The molecule has 8 heteroatoms. The van der Waals surface area contributed by atoms with Crippen LogP contribution in [-0.4, -0.2) is 26.9 Å². The predicted molar refractivity (Wildman–Crippen MR) is 81.0 cm³/mol. The van der Waals surface area contributed by atoms with Crippen molar-refractivity contribution in [1.82, 2.24) is 0 Å². The number of hydrogen-bond donors (Lipinski definition) is 3. The lowest BCUT2D eigenvalue weighted by Gasteiger charge is -2.31. The summed E-state index contributed by atoms with van der Waals surface area (Å²) in [5, 5.41) is 5.08. The number of sulfonamides is 1. The van der Waals surface area contributed by atoms with Gasteiger partial charge in [-0.2, -0.15) is 0 Å². The smallest absolute Gasteiger partial charge is 0.238 e. The fourth-order valence-corrected chi connectivity index (χ4v) is 3.31. The van der Waals surface area contributed by atoms with Crippen LogP contribution in [0.25, 0.3) is 0 Å². The molecule has 0 heterocycles. The third-order valence-corrected chi connectivity index (χ3v) is 4.64. The highest BCUT2D eigenvalue weighted by atomic mass is 32.2. The van der Waals surface area contributed by atoms with Gasteiger partial charge in [0.2, 0.25) is 15.9 Å². The molecule has 0 atom stereocenters. The van der Waals surface area contributed by atoms with Crippen LogP contribution in [0.1, 0.15) is 25.7 Å². The second kappa shape index (κ2) is 5.90. The zero-order valence-corrected chi connectivity index (χ0v) is 12.5. The highest BCUT2D eigenvalue weighted by Gasteiger charge is 2.26. The predicted octanol–water partition coefficient (Wildman–Crippen LogP) is 0.151. The molecule has 7 nitrogen and oxygen atoms in total. The molecule has 0 aromatic heterocycles. The standard InChI is InChI=1S/C13H20N4O3S/c14-11-7-10(21(16,19)20)5-6-12(11)17(8-13(15)18)9-3-1-2-4-9/h5-7,9H,1-4,8,14H2,(H2,15,18)(H2,16,19,20). The molecule has 0 saturated heterocycles. The number of nitrogens with zero attached hydrogens (tertiary/aromatic N) is 1. The molecule has 1 amide bonds. The van der Waals surface area contributed by atoms with Gasteiger partial charge in [0.1, 0.15) is 0 Å². The lowest BCUT2D eigenvalue weighted by molar-refractivity contribution is -0.116. The summed E-state index contributed by atoms with van der Waals surface area (Å²) < 4.78 is 22.7. The van der Waals surface area contributed by atoms with Gasteiger partial charge in [-0.15, -0.1) is 0 Å². The molecule has 1 aromatic rings. The minimum atomic E-state index is -3.80. The maximum atomic E-state index is 11.3. The van der Waals surface area contributed by atoms with Crippen LogP contribution in [0.5, 0.6) is 0 Å². The van der Waals surface area contributed by atoms with E-state index < -0.39 is 15.9 Å². The Morgan fingerprint density at radius 1 is 1.29 bits per heavy atom. The Bertz CT molecular complexity index is 639. The maximum absolute atomic E-state index is 11.3. The number of primary amides is 1. The van der Waals surface area contributed by atoms with Crippen molar-refractivity contribution in [1.29, 1.82) is 0 Å². The molecule has 1 aliphatic rings. The Kier molecular flexibility index (Phi) is 4.38. The SMILES string of the molecule is NC(=O)CN(c1ccc(S(N)(=O)=O)cc1N)C1CCCC1. The number of rotatable bonds is 5. The Morgan fingerprint density at radius 2 is 1.90 bits per heavy atom. The van der Waals surface area contributed by atoms with E-state index in [9.17, 15) is 13.2 Å². The summed E-state index contributed by atoms with van der Waals surface area (Å²) in [6.45, 7) is 0.0591. The maximum Gasteiger partial charge on any atom is 0.238 e. The van der Waals surface area contributed by atoms with Crippen molar-refractivity contribution in [3.63, 3.8) is 0 Å². The van der Waals surface area contributed by atoms with Crippen LogP contribution in [0.15, 0.2) is 23.1 Å². The zero-order valence-electron chi connectivity index (χ0n) is 11.7. The van der Waals surface area contributed by atoms with Crippen molar-refractivity contribution in [2.45, 2.75) is 36.6 Å². The number of nitrogens with two attached hydrogens (primary N) is 3. The summed E-state index contributed by atoms with van der Waals surface area (Å²) in [6, 6.07) is 4.48. The topological polar surface area (TPSA) is 133 Å². The number of carbonyl (C=O) groups excluding carboxylic acids is 1. The van der Waals surface area contributed by atoms with Crippen LogP contribution in [0, 0.1) is 0 Å². The van der Waals surface area contributed by atoms with Gasteiger partial charge in [0.05, 0.1) is 22.8 Å². The molecule has 21 heavy (non-hydrogen) atoms. The lowest BCUT2D eigenvalue weighted by atomic mass is 10.1. The van der Waals surface area contributed by atoms with E-state index >= 15 is 0 Å². The molecular weight excluding hydrogens is 292 g/mol. The number of nitrogen functional groups attached to an aromatic ring is 1. The molecular formula is C13H20N4O3S. The first kappa shape index (κ1) is 15.6. The van der Waals surface area contributed by atoms with Crippen LogP contribution in [0.4, 0.5) is 11.4 Å². The first-order chi connectivity index (χ1) is 9.79. The first-order valence-electron chi connectivity index (χ1n) is 6.76. The number of amides is 1. The molecule has 1 fully saturated rings. The second-order valence-electron chi connectivity index (χ2n) is 5.30. The number of carbonyl (C=O) groups is 1. The van der Waals surface area contributed by atoms with Crippen molar-refractivity contribution in [2.75, 3.05) is 17.2 Å². The van der Waals surface area contributed by atoms with Crippen molar-refractivity contribution >= 4 is 27.3 Å². The van der Waals surface area contributed by atoms with Gasteiger partial charge < -0.3 is 16.4 Å². The molecule has 116 valence electrons. The summed E-state index contributed by atoms with van der Waals surface area (Å²) in [4.78, 5) is 13.1. The van der Waals surface area contributed by atoms with Gasteiger partial charge in [-0.1, -0.05) is 12.8 Å². The van der Waals surface area contributed by atoms with Gasteiger partial charge in [0.15, 0.2) is 0 Å². The van der Waals surface area contributed by atoms with Gasteiger partial charge in [-0.25, -0.2) is 13.6 Å². The van der Waals surface area contributed by atoms with Gasteiger partial charge in [0.25, 0.3) is 0 Å². The van der Waals surface area contributed by atoms with Gasteiger partial charge in [0, 0.05) is 6.04 Å². The average molecular weight is 312 g/mol. The van der Waals surface area contributed by atoms with Crippen molar-refractivity contribution in [2.24, 2.45) is 10.9 Å². The van der Waals surface area contributed by atoms with Gasteiger partial charge >= 0.3 is 0 Å². The Balaban J connectivity index is 2.37. The van der Waals surface area contributed by atoms with Crippen molar-refractivity contribution in [3.05, 3.63) is 18.2 Å². The Hall–Kier alpha value is -1.80. The fourth-order valence-electron chi connectivity index (χ4n) is 2.77. The largest absolute Gasteiger partial charge is 0.397 e. The highest BCUT2D eigenvalue weighted by molar-refractivity contribution is 7.89. The Labute approximate surface area is 124 Å². The summed E-state index contributed by atoms with van der Waals surface area (Å²) >= 11 is 0. The van der Waals surface area contributed by atoms with Crippen LogP contribution in [0.3, 0.4) is 0 Å². The summed E-state index contributed by atoms with van der Waals surface area (Å²) in [5.74, 6) is -0.447.